The van der Waals surface area contributed by atoms with Crippen LogP contribution in [0.1, 0.15) is 80.4 Å². The molecule has 1 heterocycles. The molecular formula is C31H40ClNO2S. The maximum Gasteiger partial charge on any atom is 0.134 e. The lowest BCUT2D eigenvalue weighted by Gasteiger charge is -2.54. The second-order valence-corrected chi connectivity index (χ2v) is 13.6. The fourth-order valence-corrected chi connectivity index (χ4v) is 9.51. The number of thioether (sulfide) groups is 1. The highest BCUT2D eigenvalue weighted by Crippen LogP contribution is 2.65. The van der Waals surface area contributed by atoms with Crippen molar-refractivity contribution in [2.45, 2.75) is 81.1 Å². The molecule has 2 aromatic rings. The summed E-state index contributed by atoms with van der Waals surface area (Å²) in [6.45, 7) is 6.06. The Morgan fingerprint density at radius 1 is 1.03 bits per heavy atom. The first-order valence-corrected chi connectivity index (χ1v) is 15.5. The summed E-state index contributed by atoms with van der Waals surface area (Å²) < 4.78 is 0. The number of phenols is 1. The first kappa shape index (κ1) is 25.1. The number of phenolic OH excluding ortho intramolecular Hbond substituents is 1. The Balaban J connectivity index is 1.26. The number of hydrogen-bond donors (Lipinski definition) is 2. The molecule has 0 spiro atoms. The summed E-state index contributed by atoms with van der Waals surface area (Å²) in [7, 11) is 0. The molecule has 1 aliphatic heterocycles. The number of piperidine rings is 1. The number of halogens is 1. The summed E-state index contributed by atoms with van der Waals surface area (Å²) >= 11 is 8.60. The largest absolute Gasteiger partial charge is 0.506 e. The highest BCUT2D eigenvalue weighted by molar-refractivity contribution is 7.99. The van der Waals surface area contributed by atoms with E-state index in [9.17, 15) is 10.2 Å². The first-order chi connectivity index (χ1) is 17.5. The summed E-state index contributed by atoms with van der Waals surface area (Å²) in [6, 6.07) is 13.3. The van der Waals surface area contributed by atoms with Gasteiger partial charge in [0.25, 0.3) is 0 Å². The average Bonchev–Trinajstić information content (AvgIpc) is 3.20. The van der Waals surface area contributed by atoms with Crippen molar-refractivity contribution in [3.8, 4) is 5.75 Å². The third kappa shape index (κ3) is 4.40. The molecule has 6 atom stereocenters. The molecule has 3 aliphatic carbocycles. The molecule has 194 valence electrons. The van der Waals surface area contributed by atoms with Gasteiger partial charge in [-0.25, -0.2) is 0 Å². The zero-order chi connectivity index (χ0) is 24.9. The van der Waals surface area contributed by atoms with Crippen LogP contribution in [0.2, 0.25) is 5.02 Å². The van der Waals surface area contributed by atoms with Crippen LogP contribution >= 0.6 is 23.4 Å². The maximum atomic E-state index is 11.1. The van der Waals surface area contributed by atoms with Crippen LogP contribution in [0.3, 0.4) is 0 Å². The fourth-order valence-electron chi connectivity index (χ4n) is 8.33. The minimum absolute atomic E-state index is 0.0219. The number of nitrogens with zero attached hydrogens (tertiary/aromatic N) is 1. The van der Waals surface area contributed by atoms with Gasteiger partial charge in [0.2, 0.25) is 0 Å². The van der Waals surface area contributed by atoms with Gasteiger partial charge in [-0.05, 0) is 122 Å². The van der Waals surface area contributed by atoms with Gasteiger partial charge in [-0.1, -0.05) is 43.1 Å². The number of aliphatic hydroxyl groups is 1. The van der Waals surface area contributed by atoms with Gasteiger partial charge >= 0.3 is 0 Å². The van der Waals surface area contributed by atoms with E-state index < -0.39 is 0 Å². The van der Waals surface area contributed by atoms with Crippen LogP contribution in [0.4, 0.5) is 0 Å². The number of rotatable bonds is 5. The molecular weight excluding hydrogens is 486 g/mol. The first-order valence-electron chi connectivity index (χ1n) is 14.1. The third-order valence-corrected chi connectivity index (χ3v) is 11.6. The van der Waals surface area contributed by atoms with Crippen LogP contribution in [0.25, 0.3) is 0 Å². The summed E-state index contributed by atoms with van der Waals surface area (Å²) in [6.07, 6.45) is 8.96. The van der Waals surface area contributed by atoms with Gasteiger partial charge in [0, 0.05) is 17.2 Å². The van der Waals surface area contributed by atoms with Crippen molar-refractivity contribution in [1.82, 2.24) is 4.90 Å². The van der Waals surface area contributed by atoms with E-state index in [1.54, 1.807) is 6.07 Å². The highest BCUT2D eigenvalue weighted by atomic mass is 35.5. The molecule has 2 N–H and O–H groups in total. The second-order valence-electron chi connectivity index (χ2n) is 12.0. The van der Waals surface area contributed by atoms with E-state index >= 15 is 0 Å². The van der Waals surface area contributed by atoms with Crippen LogP contribution < -0.4 is 0 Å². The van der Waals surface area contributed by atoms with Crippen LogP contribution in [-0.2, 0) is 6.42 Å². The molecule has 3 fully saturated rings. The molecule has 1 saturated heterocycles. The molecule has 36 heavy (non-hydrogen) atoms. The van der Waals surface area contributed by atoms with Gasteiger partial charge in [0.1, 0.15) is 5.75 Å². The molecule has 0 aromatic heterocycles. The summed E-state index contributed by atoms with van der Waals surface area (Å²) in [5.74, 6) is 3.21. The van der Waals surface area contributed by atoms with Crippen molar-refractivity contribution >= 4 is 23.4 Å². The van der Waals surface area contributed by atoms with E-state index in [0.717, 1.165) is 43.4 Å². The summed E-state index contributed by atoms with van der Waals surface area (Å²) in [4.78, 5) is 3.96. The Morgan fingerprint density at radius 3 is 2.58 bits per heavy atom. The zero-order valence-corrected chi connectivity index (χ0v) is 23.0. The van der Waals surface area contributed by atoms with E-state index in [4.69, 9.17) is 11.6 Å². The van der Waals surface area contributed by atoms with Crippen molar-refractivity contribution in [1.29, 1.82) is 0 Å². The molecule has 5 heteroatoms. The van der Waals surface area contributed by atoms with Gasteiger partial charge in [-0.3, -0.25) is 0 Å². The Labute approximate surface area is 225 Å². The normalized spacial score (nSPS) is 34.1. The minimum Gasteiger partial charge on any atom is -0.506 e. The predicted molar refractivity (Wildman–Crippen MR) is 149 cm³/mol. The van der Waals surface area contributed by atoms with E-state index in [-0.39, 0.29) is 17.3 Å². The van der Waals surface area contributed by atoms with E-state index in [1.165, 1.54) is 54.9 Å². The monoisotopic (exact) mass is 525 g/mol. The number of aliphatic hydroxyl groups excluding tert-OH is 1. The Hall–Kier alpha value is -1.20. The smallest absolute Gasteiger partial charge is 0.134 e. The molecule has 3 nitrogen and oxygen atoms in total. The SMILES string of the molecule is C[C@]12C[C@H](c3ccc(SCCN4CCCCC4)cc3)[C@@H]3c4ccc(O)c(Cl)c4CC[C@H]3[C@@H]1CC[C@@H]2O. The van der Waals surface area contributed by atoms with Crippen molar-refractivity contribution in [3.63, 3.8) is 0 Å². The van der Waals surface area contributed by atoms with Crippen molar-refractivity contribution in [2.24, 2.45) is 17.3 Å². The molecule has 0 amide bonds. The quantitative estimate of drug-likeness (QED) is 0.404. The number of hydrogen-bond acceptors (Lipinski definition) is 4. The lowest BCUT2D eigenvalue weighted by atomic mass is 9.51. The molecule has 0 unspecified atom stereocenters. The fraction of sp³-hybridized carbons (Fsp3) is 0.613. The number of likely N-dealkylation sites (tertiary alicyclic amines) is 1. The molecule has 0 radical (unpaired) electrons. The number of aromatic hydroxyl groups is 1. The molecule has 6 rings (SSSR count). The number of benzene rings is 2. The highest BCUT2D eigenvalue weighted by Gasteiger charge is 2.57. The van der Waals surface area contributed by atoms with E-state index in [2.05, 4.69) is 42.2 Å². The van der Waals surface area contributed by atoms with Crippen molar-refractivity contribution in [2.75, 3.05) is 25.4 Å². The van der Waals surface area contributed by atoms with Crippen molar-refractivity contribution < 1.29 is 10.2 Å². The van der Waals surface area contributed by atoms with Gasteiger partial charge in [-0.2, -0.15) is 0 Å². The average molecular weight is 526 g/mol. The Morgan fingerprint density at radius 2 is 1.81 bits per heavy atom. The lowest BCUT2D eigenvalue weighted by molar-refractivity contribution is -0.0322. The second kappa shape index (κ2) is 10.2. The van der Waals surface area contributed by atoms with Gasteiger partial charge in [-0.15, -0.1) is 11.8 Å². The lowest BCUT2D eigenvalue weighted by Crippen LogP contribution is -2.47. The van der Waals surface area contributed by atoms with Crippen LogP contribution in [0.5, 0.6) is 5.75 Å². The predicted octanol–water partition coefficient (Wildman–Crippen LogP) is 7.23. The summed E-state index contributed by atoms with van der Waals surface area (Å²) in [5.41, 5.74) is 3.85. The van der Waals surface area contributed by atoms with Crippen LogP contribution in [0, 0.1) is 17.3 Å². The van der Waals surface area contributed by atoms with E-state index in [0.29, 0.717) is 28.7 Å². The van der Waals surface area contributed by atoms with Crippen LogP contribution in [-0.4, -0.2) is 46.6 Å². The maximum absolute atomic E-state index is 11.1. The van der Waals surface area contributed by atoms with Gasteiger partial charge in [0.05, 0.1) is 11.1 Å². The van der Waals surface area contributed by atoms with Crippen LogP contribution in [0.15, 0.2) is 41.3 Å². The molecule has 2 aromatic carbocycles. The number of fused-ring (bicyclic) bond motifs is 5. The van der Waals surface area contributed by atoms with E-state index in [1.807, 2.05) is 11.8 Å². The van der Waals surface area contributed by atoms with Crippen molar-refractivity contribution in [3.05, 3.63) is 58.1 Å². The minimum atomic E-state index is -0.208. The van der Waals surface area contributed by atoms with Gasteiger partial charge in [0.15, 0.2) is 0 Å². The third-order valence-electron chi connectivity index (χ3n) is 10.2. The summed E-state index contributed by atoms with van der Waals surface area (Å²) in [5, 5.41) is 21.9. The molecule has 0 bridgehead atoms. The standard InChI is InChI=1S/C31H40ClNO2S/c1-31-19-25(20-5-7-21(8-6-20)36-18-17-33-15-3-2-4-16-33)29-22-11-13-27(34)30(32)23(22)9-10-24(29)26(31)12-14-28(31)35/h5-8,11,13,24-26,28-29,34-35H,2-4,9-10,12,14-19H2,1H3/t24-,25+,26-,28-,29+,31-/m0/s1. The topological polar surface area (TPSA) is 43.7 Å². The van der Waals surface area contributed by atoms with Gasteiger partial charge < -0.3 is 15.1 Å². The Bertz CT molecular complexity index is 1080. The Kier molecular flexibility index (Phi) is 7.09. The zero-order valence-electron chi connectivity index (χ0n) is 21.5. The molecule has 4 aliphatic rings. The molecule has 2 saturated carbocycles.